The standard InChI is InChI=1S/C37H41NO3/c1-5-7-19-38(20-8-6-2)21-22-41-31-14-9-27(10-15-31)36-35-24-29(26(4)40)12-17-33(35)34-18-13-30-23-28(25(3)39)11-16-32(30)37(34)36/h9-18,23-24,36H,5-8,19-22H2,1-4H3. The fourth-order valence-electron chi connectivity index (χ4n) is 6.03. The van der Waals surface area contributed by atoms with Crippen molar-refractivity contribution in [3.05, 3.63) is 101 Å². The number of ketones is 2. The summed E-state index contributed by atoms with van der Waals surface area (Å²) in [5.74, 6) is 0.986. The van der Waals surface area contributed by atoms with Crippen LogP contribution in [0, 0.1) is 0 Å². The lowest BCUT2D eigenvalue weighted by molar-refractivity contribution is 0.100. The number of unbranched alkanes of at least 4 members (excludes halogenated alkanes) is 2. The zero-order valence-corrected chi connectivity index (χ0v) is 24.8. The molecule has 0 amide bonds. The largest absolute Gasteiger partial charge is 0.492 e. The van der Waals surface area contributed by atoms with Gasteiger partial charge in [-0.1, -0.05) is 75.2 Å². The minimum Gasteiger partial charge on any atom is -0.492 e. The average Bonchev–Trinajstić information content (AvgIpc) is 3.32. The van der Waals surface area contributed by atoms with E-state index in [0.717, 1.165) is 58.4 Å². The van der Waals surface area contributed by atoms with Gasteiger partial charge >= 0.3 is 0 Å². The first kappa shape index (κ1) is 28.8. The number of nitrogens with zero attached hydrogens (tertiary/aromatic N) is 1. The number of carbonyl (C=O) groups excluding carboxylic acids is 2. The summed E-state index contributed by atoms with van der Waals surface area (Å²) < 4.78 is 6.19. The summed E-state index contributed by atoms with van der Waals surface area (Å²) in [6, 6.07) is 24.8. The maximum Gasteiger partial charge on any atom is 0.159 e. The van der Waals surface area contributed by atoms with E-state index in [-0.39, 0.29) is 17.5 Å². The van der Waals surface area contributed by atoms with E-state index in [2.05, 4.69) is 73.3 Å². The van der Waals surface area contributed by atoms with E-state index in [1.165, 1.54) is 36.8 Å². The Balaban J connectivity index is 1.45. The lowest BCUT2D eigenvalue weighted by Crippen LogP contribution is -2.30. The van der Waals surface area contributed by atoms with Crippen molar-refractivity contribution in [2.45, 2.75) is 59.3 Å². The van der Waals surface area contributed by atoms with Crippen molar-refractivity contribution in [2.75, 3.05) is 26.2 Å². The van der Waals surface area contributed by atoms with Crippen LogP contribution < -0.4 is 4.74 Å². The predicted molar refractivity (Wildman–Crippen MR) is 169 cm³/mol. The van der Waals surface area contributed by atoms with Crippen molar-refractivity contribution in [1.82, 2.24) is 4.90 Å². The molecule has 0 saturated heterocycles. The summed E-state index contributed by atoms with van der Waals surface area (Å²) in [7, 11) is 0. The third-order valence-electron chi connectivity index (χ3n) is 8.36. The van der Waals surface area contributed by atoms with Crippen LogP contribution in [0.25, 0.3) is 21.9 Å². The first-order valence-electron chi connectivity index (χ1n) is 15.1. The Kier molecular flexibility index (Phi) is 8.99. The lowest BCUT2D eigenvalue weighted by Gasteiger charge is -2.22. The van der Waals surface area contributed by atoms with Gasteiger partial charge in [-0.3, -0.25) is 14.5 Å². The van der Waals surface area contributed by atoms with E-state index >= 15 is 0 Å². The second-order valence-electron chi connectivity index (χ2n) is 11.3. The molecule has 0 spiro atoms. The van der Waals surface area contributed by atoms with E-state index in [0.29, 0.717) is 12.2 Å². The quantitative estimate of drug-likeness (QED) is 0.138. The first-order valence-corrected chi connectivity index (χ1v) is 15.1. The molecule has 0 heterocycles. The molecule has 0 aliphatic heterocycles. The molecule has 1 aliphatic carbocycles. The zero-order chi connectivity index (χ0) is 28.9. The maximum atomic E-state index is 12.3. The van der Waals surface area contributed by atoms with E-state index in [9.17, 15) is 9.59 Å². The number of fused-ring (bicyclic) bond motifs is 5. The van der Waals surface area contributed by atoms with Crippen molar-refractivity contribution in [2.24, 2.45) is 0 Å². The molecule has 1 atom stereocenters. The van der Waals surface area contributed by atoms with Gasteiger partial charge in [-0.2, -0.15) is 0 Å². The van der Waals surface area contributed by atoms with Crippen molar-refractivity contribution in [3.8, 4) is 16.9 Å². The number of hydrogen-bond acceptors (Lipinski definition) is 4. The van der Waals surface area contributed by atoms with E-state index in [1.807, 2.05) is 18.2 Å². The Bertz CT molecular complexity index is 1550. The molecule has 4 aromatic rings. The number of Topliss-reactive ketones (excluding diaryl/α,β-unsaturated/α-hetero) is 2. The van der Waals surface area contributed by atoms with Crippen LogP contribution in [0.2, 0.25) is 0 Å². The SMILES string of the molecule is CCCCN(CCCC)CCOc1ccc(C2c3cc(C(C)=O)ccc3-c3ccc4cc(C(C)=O)ccc4c32)cc1. The molecule has 1 unspecified atom stereocenters. The third-order valence-corrected chi connectivity index (χ3v) is 8.36. The number of hydrogen-bond donors (Lipinski definition) is 0. The van der Waals surface area contributed by atoms with Gasteiger partial charge in [0, 0.05) is 23.6 Å². The monoisotopic (exact) mass is 547 g/mol. The average molecular weight is 548 g/mol. The molecule has 5 rings (SSSR count). The molecule has 0 fully saturated rings. The Labute approximate surface area is 244 Å². The summed E-state index contributed by atoms with van der Waals surface area (Å²) in [5.41, 5.74) is 7.31. The van der Waals surface area contributed by atoms with Crippen LogP contribution in [0.4, 0.5) is 0 Å². The van der Waals surface area contributed by atoms with Crippen molar-refractivity contribution >= 4 is 22.3 Å². The molecule has 1 aliphatic rings. The fourth-order valence-corrected chi connectivity index (χ4v) is 6.03. The van der Waals surface area contributed by atoms with Gasteiger partial charge in [0.1, 0.15) is 12.4 Å². The van der Waals surface area contributed by atoms with Gasteiger partial charge in [0.2, 0.25) is 0 Å². The third kappa shape index (κ3) is 6.13. The summed E-state index contributed by atoms with van der Waals surface area (Å²) >= 11 is 0. The van der Waals surface area contributed by atoms with Crippen molar-refractivity contribution in [3.63, 3.8) is 0 Å². The van der Waals surface area contributed by atoms with Gasteiger partial charge < -0.3 is 4.74 Å². The first-order chi connectivity index (χ1) is 19.9. The highest BCUT2D eigenvalue weighted by Crippen LogP contribution is 2.51. The Morgan fingerprint density at radius 2 is 1.37 bits per heavy atom. The van der Waals surface area contributed by atoms with Crippen LogP contribution in [-0.4, -0.2) is 42.7 Å². The number of benzene rings is 4. The second kappa shape index (κ2) is 12.8. The van der Waals surface area contributed by atoms with Gasteiger partial charge in [0.25, 0.3) is 0 Å². The molecule has 212 valence electrons. The van der Waals surface area contributed by atoms with Crippen molar-refractivity contribution in [1.29, 1.82) is 0 Å². The van der Waals surface area contributed by atoms with Gasteiger partial charge in [-0.05, 0) is 103 Å². The molecule has 0 radical (unpaired) electrons. The molecule has 0 aromatic heterocycles. The number of carbonyl (C=O) groups is 2. The van der Waals surface area contributed by atoms with Gasteiger partial charge in [-0.25, -0.2) is 0 Å². The molecule has 41 heavy (non-hydrogen) atoms. The highest BCUT2D eigenvalue weighted by molar-refractivity contribution is 6.03. The smallest absolute Gasteiger partial charge is 0.159 e. The summed E-state index contributed by atoms with van der Waals surface area (Å²) in [6.45, 7) is 11.6. The van der Waals surface area contributed by atoms with Crippen LogP contribution in [0.15, 0.2) is 72.8 Å². The van der Waals surface area contributed by atoms with E-state index < -0.39 is 0 Å². The summed E-state index contributed by atoms with van der Waals surface area (Å²) in [4.78, 5) is 26.9. The number of ether oxygens (including phenoxy) is 1. The van der Waals surface area contributed by atoms with Crippen LogP contribution in [0.5, 0.6) is 5.75 Å². The van der Waals surface area contributed by atoms with Gasteiger partial charge in [-0.15, -0.1) is 0 Å². The molecule has 0 bridgehead atoms. The zero-order valence-electron chi connectivity index (χ0n) is 24.8. The highest BCUT2D eigenvalue weighted by Gasteiger charge is 2.32. The molecule has 0 saturated carbocycles. The predicted octanol–water partition coefficient (Wildman–Crippen LogP) is 8.69. The number of rotatable bonds is 13. The van der Waals surface area contributed by atoms with Crippen LogP contribution >= 0.6 is 0 Å². The summed E-state index contributed by atoms with van der Waals surface area (Å²) in [6.07, 6.45) is 4.86. The normalized spacial score (nSPS) is 13.8. The highest BCUT2D eigenvalue weighted by atomic mass is 16.5. The molecule has 4 heteroatoms. The topological polar surface area (TPSA) is 46.6 Å². The second-order valence-corrected chi connectivity index (χ2v) is 11.3. The van der Waals surface area contributed by atoms with Crippen LogP contribution in [0.1, 0.15) is 96.7 Å². The molecule has 4 nitrogen and oxygen atoms in total. The Morgan fingerprint density at radius 3 is 2.02 bits per heavy atom. The van der Waals surface area contributed by atoms with Crippen LogP contribution in [0.3, 0.4) is 0 Å². The van der Waals surface area contributed by atoms with E-state index in [1.54, 1.807) is 13.8 Å². The molecule has 0 N–H and O–H groups in total. The van der Waals surface area contributed by atoms with Crippen LogP contribution in [-0.2, 0) is 0 Å². The minimum atomic E-state index is -0.0150. The Hall–Kier alpha value is -3.76. The molecule has 4 aromatic carbocycles. The minimum absolute atomic E-state index is 0.0150. The molecular weight excluding hydrogens is 506 g/mol. The lowest BCUT2D eigenvalue weighted by atomic mass is 9.86. The Morgan fingerprint density at radius 1 is 0.732 bits per heavy atom. The summed E-state index contributed by atoms with van der Waals surface area (Å²) in [5, 5.41) is 2.19. The van der Waals surface area contributed by atoms with Crippen molar-refractivity contribution < 1.29 is 14.3 Å². The maximum absolute atomic E-state index is 12.3. The van der Waals surface area contributed by atoms with E-state index in [4.69, 9.17) is 4.74 Å². The van der Waals surface area contributed by atoms with Gasteiger partial charge in [0.15, 0.2) is 11.6 Å². The molecular formula is C37H41NO3. The fraction of sp³-hybridized carbons (Fsp3) is 0.351. The van der Waals surface area contributed by atoms with Gasteiger partial charge in [0.05, 0.1) is 0 Å².